The van der Waals surface area contributed by atoms with Gasteiger partial charge in [0.1, 0.15) is 5.82 Å². The average Bonchev–Trinajstić information content (AvgIpc) is 2.73. The van der Waals surface area contributed by atoms with Crippen molar-refractivity contribution in [1.29, 1.82) is 0 Å². The molecular formula is C9H14N4O2. The van der Waals surface area contributed by atoms with Gasteiger partial charge in [-0.3, -0.25) is 9.69 Å². The van der Waals surface area contributed by atoms with Crippen LogP contribution in [0, 0.1) is 0 Å². The molecule has 1 atom stereocenters. The zero-order valence-electron chi connectivity index (χ0n) is 8.33. The van der Waals surface area contributed by atoms with Crippen LogP contribution < -0.4 is 10.6 Å². The fourth-order valence-electron chi connectivity index (χ4n) is 1.78. The van der Waals surface area contributed by atoms with Crippen LogP contribution in [-0.2, 0) is 11.3 Å². The minimum absolute atomic E-state index is 0.00274. The lowest BCUT2D eigenvalue weighted by Crippen LogP contribution is -2.30. The molecule has 3 N–H and O–H groups in total. The summed E-state index contributed by atoms with van der Waals surface area (Å²) in [4.78, 5) is 13.2. The van der Waals surface area contributed by atoms with Gasteiger partial charge in [-0.05, 0) is 0 Å². The fourth-order valence-corrected chi connectivity index (χ4v) is 1.78. The molecule has 6 heteroatoms. The van der Waals surface area contributed by atoms with Crippen LogP contribution in [0.2, 0.25) is 0 Å². The van der Waals surface area contributed by atoms with Crippen molar-refractivity contribution < 1.29 is 9.90 Å². The molecule has 1 unspecified atom stereocenters. The predicted molar refractivity (Wildman–Crippen MR) is 54.3 cm³/mol. The number of carbonyl (C=O) groups is 1. The second-order valence-electron chi connectivity index (χ2n) is 3.60. The normalized spacial score (nSPS) is 21.3. The number of aromatic nitrogens is 2. The van der Waals surface area contributed by atoms with Crippen LogP contribution >= 0.6 is 0 Å². The monoisotopic (exact) mass is 210 g/mol. The van der Waals surface area contributed by atoms with Crippen LogP contribution in [0.4, 0.5) is 5.82 Å². The first-order chi connectivity index (χ1) is 7.22. The number of amides is 1. The van der Waals surface area contributed by atoms with E-state index in [-0.39, 0.29) is 18.6 Å². The van der Waals surface area contributed by atoms with Crippen molar-refractivity contribution >= 4 is 11.7 Å². The molecule has 0 radical (unpaired) electrons. The Bertz CT molecular complexity index is 363. The van der Waals surface area contributed by atoms with Gasteiger partial charge in [0.25, 0.3) is 0 Å². The molecular weight excluding hydrogens is 196 g/mol. The first kappa shape index (κ1) is 10.1. The number of aliphatic hydroxyl groups excluding tert-OH is 1. The number of anilines is 1. The van der Waals surface area contributed by atoms with E-state index in [0.29, 0.717) is 25.3 Å². The highest BCUT2D eigenvalue weighted by Crippen LogP contribution is 2.20. The van der Waals surface area contributed by atoms with Gasteiger partial charge in [0.05, 0.1) is 19.3 Å². The lowest BCUT2D eigenvalue weighted by Gasteiger charge is -2.16. The van der Waals surface area contributed by atoms with E-state index < -0.39 is 0 Å². The van der Waals surface area contributed by atoms with E-state index in [1.165, 1.54) is 0 Å². The molecule has 0 spiro atoms. The van der Waals surface area contributed by atoms with Crippen LogP contribution in [0.1, 0.15) is 6.42 Å². The van der Waals surface area contributed by atoms with Crippen LogP contribution in [0.15, 0.2) is 12.3 Å². The van der Waals surface area contributed by atoms with Gasteiger partial charge >= 0.3 is 0 Å². The summed E-state index contributed by atoms with van der Waals surface area (Å²) in [6, 6.07) is 1.65. The highest BCUT2D eigenvalue weighted by atomic mass is 16.3. The molecule has 1 aromatic heterocycles. The Morgan fingerprint density at radius 3 is 3.07 bits per heavy atom. The zero-order chi connectivity index (χ0) is 10.8. The summed E-state index contributed by atoms with van der Waals surface area (Å²) in [6.07, 6.45) is 1.99. The zero-order valence-corrected chi connectivity index (χ0v) is 8.33. The van der Waals surface area contributed by atoms with Gasteiger partial charge < -0.3 is 10.8 Å². The first-order valence-electron chi connectivity index (χ1n) is 4.91. The van der Waals surface area contributed by atoms with Crippen molar-refractivity contribution in [2.75, 3.05) is 18.1 Å². The van der Waals surface area contributed by atoms with Crippen LogP contribution in [0.3, 0.4) is 0 Å². The fraction of sp³-hybridized carbons (Fsp3) is 0.556. The van der Waals surface area contributed by atoms with E-state index in [4.69, 9.17) is 10.8 Å². The second-order valence-corrected chi connectivity index (χ2v) is 3.60. The minimum Gasteiger partial charge on any atom is -0.394 e. The Morgan fingerprint density at radius 1 is 1.67 bits per heavy atom. The number of carbonyl (C=O) groups excluding carboxylic acids is 1. The Kier molecular flexibility index (Phi) is 2.70. The molecule has 6 nitrogen and oxygen atoms in total. The van der Waals surface area contributed by atoms with E-state index in [2.05, 4.69) is 5.10 Å². The van der Waals surface area contributed by atoms with E-state index >= 15 is 0 Å². The average molecular weight is 210 g/mol. The third kappa shape index (κ3) is 1.86. The molecule has 1 saturated heterocycles. The predicted octanol–water partition coefficient (Wildman–Crippen LogP) is -1.06. The molecule has 1 amide bonds. The maximum atomic E-state index is 11.6. The van der Waals surface area contributed by atoms with E-state index in [9.17, 15) is 4.79 Å². The second kappa shape index (κ2) is 4.00. The number of hydrogen-bond donors (Lipinski definition) is 2. The summed E-state index contributed by atoms with van der Waals surface area (Å²) in [6.45, 7) is 0.917. The number of rotatable bonds is 3. The van der Waals surface area contributed by atoms with Crippen molar-refractivity contribution in [3.63, 3.8) is 0 Å². The van der Waals surface area contributed by atoms with Gasteiger partial charge in [0.2, 0.25) is 5.91 Å². The molecule has 0 saturated carbocycles. The molecule has 15 heavy (non-hydrogen) atoms. The van der Waals surface area contributed by atoms with Gasteiger partial charge in [-0.1, -0.05) is 0 Å². The van der Waals surface area contributed by atoms with Crippen molar-refractivity contribution in [3.05, 3.63) is 12.3 Å². The number of nitrogens with zero attached hydrogens (tertiary/aromatic N) is 3. The third-order valence-electron chi connectivity index (χ3n) is 2.44. The van der Waals surface area contributed by atoms with Gasteiger partial charge in [0.15, 0.2) is 0 Å². The standard InChI is InChI=1S/C9H14N4O2/c10-7-5-9(15)12(6-7)8-1-2-11-13(8)3-4-14/h1-2,7,14H,3-6,10H2. The molecule has 0 bridgehead atoms. The molecule has 1 aromatic rings. The summed E-state index contributed by atoms with van der Waals surface area (Å²) in [5.74, 6) is 0.726. The number of hydrogen-bond acceptors (Lipinski definition) is 4. The molecule has 1 fully saturated rings. The highest BCUT2D eigenvalue weighted by molar-refractivity contribution is 5.95. The van der Waals surface area contributed by atoms with Gasteiger partial charge in [0, 0.05) is 25.1 Å². The summed E-state index contributed by atoms with van der Waals surface area (Å²) >= 11 is 0. The van der Waals surface area contributed by atoms with Crippen molar-refractivity contribution in [2.45, 2.75) is 19.0 Å². The molecule has 2 heterocycles. The summed E-state index contributed by atoms with van der Waals surface area (Å²) in [5, 5.41) is 12.9. The Balaban J connectivity index is 2.21. The minimum atomic E-state index is -0.102. The lowest BCUT2D eigenvalue weighted by atomic mass is 10.3. The molecule has 0 aliphatic carbocycles. The number of nitrogens with two attached hydrogens (primary N) is 1. The smallest absolute Gasteiger partial charge is 0.229 e. The van der Waals surface area contributed by atoms with Crippen LogP contribution in [0.5, 0.6) is 0 Å². The van der Waals surface area contributed by atoms with Crippen molar-refractivity contribution in [2.24, 2.45) is 5.73 Å². The van der Waals surface area contributed by atoms with Crippen molar-refractivity contribution in [3.8, 4) is 0 Å². The highest BCUT2D eigenvalue weighted by Gasteiger charge is 2.29. The molecule has 0 aromatic carbocycles. The maximum absolute atomic E-state index is 11.6. The summed E-state index contributed by atoms with van der Waals surface area (Å²) in [5.41, 5.74) is 5.70. The van der Waals surface area contributed by atoms with Crippen molar-refractivity contribution in [1.82, 2.24) is 9.78 Å². The van der Waals surface area contributed by atoms with E-state index in [0.717, 1.165) is 0 Å². The van der Waals surface area contributed by atoms with Gasteiger partial charge in [-0.25, -0.2) is 4.68 Å². The van der Waals surface area contributed by atoms with Gasteiger partial charge in [-0.2, -0.15) is 5.10 Å². The SMILES string of the molecule is NC1CC(=O)N(c2ccnn2CCO)C1. The Hall–Kier alpha value is -1.40. The molecule has 1 aliphatic heterocycles. The van der Waals surface area contributed by atoms with E-state index in [1.54, 1.807) is 21.8 Å². The molecule has 1 aliphatic rings. The topological polar surface area (TPSA) is 84.4 Å². The van der Waals surface area contributed by atoms with Crippen LogP contribution in [0.25, 0.3) is 0 Å². The number of aliphatic hydroxyl groups is 1. The molecule has 82 valence electrons. The third-order valence-corrected chi connectivity index (χ3v) is 2.44. The van der Waals surface area contributed by atoms with E-state index in [1.807, 2.05) is 0 Å². The van der Waals surface area contributed by atoms with Crippen LogP contribution in [-0.4, -0.2) is 40.0 Å². The molecule has 2 rings (SSSR count). The summed E-state index contributed by atoms with van der Waals surface area (Å²) in [7, 11) is 0. The first-order valence-corrected chi connectivity index (χ1v) is 4.91. The Labute approximate surface area is 87.3 Å². The maximum Gasteiger partial charge on any atom is 0.229 e. The summed E-state index contributed by atoms with van der Waals surface area (Å²) < 4.78 is 1.61. The Morgan fingerprint density at radius 2 is 2.47 bits per heavy atom. The quantitative estimate of drug-likeness (QED) is 0.666. The van der Waals surface area contributed by atoms with Gasteiger partial charge in [-0.15, -0.1) is 0 Å². The lowest BCUT2D eigenvalue weighted by molar-refractivity contribution is -0.117. The largest absolute Gasteiger partial charge is 0.394 e.